The highest BCUT2D eigenvalue weighted by Gasteiger charge is 2.36. The van der Waals surface area contributed by atoms with Gasteiger partial charge in [-0.25, -0.2) is 0 Å². The second kappa shape index (κ2) is 10.8. The first-order chi connectivity index (χ1) is 13.6. The van der Waals surface area contributed by atoms with Crippen LogP contribution in [0.3, 0.4) is 0 Å². The van der Waals surface area contributed by atoms with Crippen LogP contribution in [-0.2, 0) is 19.1 Å². The van der Waals surface area contributed by atoms with Gasteiger partial charge in [-0.05, 0) is 40.0 Å². The minimum atomic E-state index is -0.411. The lowest BCUT2D eigenvalue weighted by molar-refractivity contribution is -0.666. The number of ether oxygens (including phenoxy) is 2. The van der Waals surface area contributed by atoms with E-state index in [1.807, 2.05) is 34.6 Å². The molecule has 0 bridgehead atoms. The van der Waals surface area contributed by atoms with Crippen molar-refractivity contribution in [3.05, 3.63) is 0 Å². The first-order valence-electron chi connectivity index (χ1n) is 11.7. The third-order valence-corrected chi connectivity index (χ3v) is 6.95. The smallest absolute Gasteiger partial charge is 0.306 e. The van der Waals surface area contributed by atoms with Crippen LogP contribution >= 0.6 is 0 Å². The van der Waals surface area contributed by atoms with Gasteiger partial charge in [0, 0.05) is 50.4 Å². The monoisotopic (exact) mass is 412 g/mol. The molecule has 2 heterocycles. The number of quaternary nitrogens is 2. The standard InChI is InChI=1S/C23H42N2O4/c1-17(16-21(27)29-23(4,5)19-10-14-25-15-11-19)6-7-20(26)28-22(2,3)18-8-12-24-13-9-18/h17-19,24-25H,6-16H2,1-5H3/p+2. The van der Waals surface area contributed by atoms with E-state index in [1.165, 1.54) is 0 Å². The lowest BCUT2D eigenvalue weighted by Crippen LogP contribution is -2.86. The molecule has 0 aromatic rings. The van der Waals surface area contributed by atoms with Crippen LogP contribution in [0.25, 0.3) is 0 Å². The van der Waals surface area contributed by atoms with Crippen LogP contribution in [0, 0.1) is 17.8 Å². The number of carbonyl (C=O) groups excluding carboxylic acids is 2. The lowest BCUT2D eigenvalue weighted by atomic mass is 9.83. The van der Waals surface area contributed by atoms with Crippen molar-refractivity contribution in [2.75, 3.05) is 26.2 Å². The Morgan fingerprint density at radius 3 is 1.69 bits per heavy atom. The summed E-state index contributed by atoms with van der Waals surface area (Å²) in [5, 5.41) is 4.65. The lowest BCUT2D eigenvalue weighted by Gasteiger charge is -2.36. The highest BCUT2D eigenvalue weighted by Crippen LogP contribution is 2.30. The van der Waals surface area contributed by atoms with E-state index in [1.54, 1.807) is 0 Å². The third-order valence-electron chi connectivity index (χ3n) is 6.95. The molecule has 0 aliphatic carbocycles. The number of nitrogens with two attached hydrogens (primary N) is 2. The van der Waals surface area contributed by atoms with Gasteiger partial charge in [0.2, 0.25) is 0 Å². The Kier molecular flexibility index (Phi) is 8.95. The van der Waals surface area contributed by atoms with Crippen LogP contribution in [0.15, 0.2) is 0 Å². The molecule has 2 saturated heterocycles. The fraction of sp³-hybridized carbons (Fsp3) is 0.913. The molecule has 0 radical (unpaired) electrons. The Morgan fingerprint density at radius 1 is 0.828 bits per heavy atom. The van der Waals surface area contributed by atoms with Gasteiger partial charge in [0.1, 0.15) is 11.2 Å². The molecule has 0 amide bonds. The van der Waals surface area contributed by atoms with E-state index in [4.69, 9.17) is 9.47 Å². The fourth-order valence-corrected chi connectivity index (χ4v) is 4.84. The zero-order chi connectivity index (χ0) is 21.5. The number of hydrogen-bond acceptors (Lipinski definition) is 4. The molecular formula is C23H44N2O4+2. The summed E-state index contributed by atoms with van der Waals surface area (Å²) in [5.74, 6) is 0.676. The topological polar surface area (TPSA) is 85.8 Å². The van der Waals surface area contributed by atoms with Crippen molar-refractivity contribution in [3.8, 4) is 0 Å². The molecule has 6 nitrogen and oxygen atoms in total. The van der Waals surface area contributed by atoms with Gasteiger partial charge in [-0.15, -0.1) is 0 Å². The molecule has 2 rings (SSSR count). The van der Waals surface area contributed by atoms with Crippen molar-refractivity contribution in [1.29, 1.82) is 0 Å². The van der Waals surface area contributed by atoms with Crippen molar-refractivity contribution in [3.63, 3.8) is 0 Å². The van der Waals surface area contributed by atoms with Gasteiger partial charge in [-0.2, -0.15) is 0 Å². The van der Waals surface area contributed by atoms with E-state index in [0.717, 1.165) is 51.9 Å². The van der Waals surface area contributed by atoms with E-state index in [9.17, 15) is 9.59 Å². The largest absolute Gasteiger partial charge is 0.459 e. The fourth-order valence-electron chi connectivity index (χ4n) is 4.84. The predicted octanol–water partition coefficient (Wildman–Crippen LogP) is 1.38. The van der Waals surface area contributed by atoms with Crippen molar-refractivity contribution in [2.24, 2.45) is 17.8 Å². The maximum Gasteiger partial charge on any atom is 0.306 e. The summed E-state index contributed by atoms with van der Waals surface area (Å²) < 4.78 is 11.7. The van der Waals surface area contributed by atoms with E-state index < -0.39 is 11.2 Å². The highest BCUT2D eigenvalue weighted by molar-refractivity contribution is 5.71. The Labute approximate surface area is 176 Å². The van der Waals surface area contributed by atoms with Crippen LogP contribution in [-0.4, -0.2) is 49.3 Å². The molecule has 0 spiro atoms. The maximum atomic E-state index is 12.4. The molecule has 2 aliphatic rings. The minimum Gasteiger partial charge on any atom is -0.459 e. The van der Waals surface area contributed by atoms with Gasteiger partial charge >= 0.3 is 11.9 Å². The van der Waals surface area contributed by atoms with E-state index in [2.05, 4.69) is 10.6 Å². The first-order valence-corrected chi connectivity index (χ1v) is 11.7. The van der Waals surface area contributed by atoms with Crippen LogP contribution < -0.4 is 10.6 Å². The molecule has 2 aliphatic heterocycles. The van der Waals surface area contributed by atoms with Crippen molar-refractivity contribution in [1.82, 2.24) is 0 Å². The number of carbonyl (C=O) groups is 2. The van der Waals surface area contributed by atoms with Crippen molar-refractivity contribution >= 4 is 11.9 Å². The zero-order valence-corrected chi connectivity index (χ0v) is 19.3. The van der Waals surface area contributed by atoms with E-state index in [-0.39, 0.29) is 17.9 Å². The summed E-state index contributed by atoms with van der Waals surface area (Å²) in [6.07, 6.45) is 5.75. The van der Waals surface area contributed by atoms with Crippen molar-refractivity contribution in [2.45, 2.75) is 90.8 Å². The van der Waals surface area contributed by atoms with Gasteiger partial charge in [0.05, 0.1) is 26.2 Å². The quantitative estimate of drug-likeness (QED) is 0.560. The third kappa shape index (κ3) is 7.89. The molecule has 29 heavy (non-hydrogen) atoms. The van der Waals surface area contributed by atoms with E-state index >= 15 is 0 Å². The Hall–Kier alpha value is -1.14. The number of rotatable bonds is 9. The van der Waals surface area contributed by atoms with Crippen LogP contribution in [0.1, 0.15) is 79.6 Å². The molecule has 1 atom stereocenters. The summed E-state index contributed by atoms with van der Waals surface area (Å²) in [6.45, 7) is 14.6. The van der Waals surface area contributed by atoms with Crippen LogP contribution in [0.5, 0.6) is 0 Å². The number of esters is 2. The van der Waals surface area contributed by atoms with Gasteiger partial charge in [-0.1, -0.05) is 6.92 Å². The predicted molar refractivity (Wildman–Crippen MR) is 112 cm³/mol. The summed E-state index contributed by atoms with van der Waals surface area (Å²) >= 11 is 0. The summed E-state index contributed by atoms with van der Waals surface area (Å²) in [4.78, 5) is 24.8. The first kappa shape index (κ1) is 24.1. The molecule has 0 saturated carbocycles. The second-order valence-corrected chi connectivity index (χ2v) is 10.3. The molecular weight excluding hydrogens is 368 g/mol. The minimum absolute atomic E-state index is 0.109. The van der Waals surface area contributed by atoms with Gasteiger partial charge in [0.15, 0.2) is 0 Å². The molecule has 2 fully saturated rings. The second-order valence-electron chi connectivity index (χ2n) is 10.3. The van der Waals surface area contributed by atoms with Gasteiger partial charge < -0.3 is 20.1 Å². The van der Waals surface area contributed by atoms with Crippen LogP contribution in [0.4, 0.5) is 0 Å². The van der Waals surface area contributed by atoms with E-state index in [0.29, 0.717) is 31.1 Å². The van der Waals surface area contributed by atoms with Gasteiger partial charge in [0.25, 0.3) is 0 Å². The zero-order valence-electron chi connectivity index (χ0n) is 19.3. The highest BCUT2D eigenvalue weighted by atomic mass is 16.6. The Morgan fingerprint density at radius 2 is 1.24 bits per heavy atom. The molecule has 6 heteroatoms. The normalized spacial score (nSPS) is 20.9. The molecule has 4 N–H and O–H groups in total. The number of hydrogen-bond donors (Lipinski definition) is 2. The molecule has 1 unspecified atom stereocenters. The molecule has 0 aromatic heterocycles. The Balaban J connectivity index is 1.70. The SMILES string of the molecule is CC(CCC(=O)OC(C)(C)C1CC[NH2+]CC1)CC(=O)OC(C)(C)C1CC[NH2+]CC1. The van der Waals surface area contributed by atoms with Crippen LogP contribution in [0.2, 0.25) is 0 Å². The maximum absolute atomic E-state index is 12.4. The summed E-state index contributed by atoms with van der Waals surface area (Å²) in [7, 11) is 0. The van der Waals surface area contributed by atoms with Gasteiger partial charge in [-0.3, -0.25) is 9.59 Å². The average molecular weight is 413 g/mol. The summed E-state index contributed by atoms with van der Waals surface area (Å²) in [5.41, 5.74) is -0.819. The molecule has 168 valence electrons. The summed E-state index contributed by atoms with van der Waals surface area (Å²) in [6, 6.07) is 0. The average Bonchev–Trinajstić information content (AvgIpc) is 2.67. The molecule has 0 aromatic carbocycles. The Bertz CT molecular complexity index is 535. The number of piperidine rings is 2. The van der Waals surface area contributed by atoms with Crippen molar-refractivity contribution < 1.29 is 29.7 Å².